The van der Waals surface area contributed by atoms with E-state index in [0.29, 0.717) is 18.9 Å². The lowest BCUT2D eigenvalue weighted by atomic mass is 9.91. The molecule has 0 radical (unpaired) electrons. The summed E-state index contributed by atoms with van der Waals surface area (Å²) in [5, 5.41) is 8.73. The van der Waals surface area contributed by atoms with E-state index >= 15 is 0 Å². The molecule has 0 aromatic heterocycles. The summed E-state index contributed by atoms with van der Waals surface area (Å²) in [6.07, 6.45) is 4.81. The molecule has 2 rings (SSSR count). The molecule has 0 spiro atoms. The fourth-order valence-electron chi connectivity index (χ4n) is 3.02. The first-order chi connectivity index (χ1) is 9.16. The number of carbonyl (C=O) groups excluding carboxylic acids is 1. The minimum Gasteiger partial charge on any atom is -0.481 e. The van der Waals surface area contributed by atoms with Crippen LogP contribution >= 0.6 is 0 Å². The van der Waals surface area contributed by atoms with Crippen LogP contribution < -0.4 is 0 Å². The molecule has 2 aliphatic heterocycles. The smallest absolute Gasteiger partial charge is 0.303 e. The van der Waals surface area contributed by atoms with E-state index < -0.39 is 5.97 Å². The predicted molar refractivity (Wildman–Crippen MR) is 69.7 cm³/mol. The number of hydrogen-bond donors (Lipinski definition) is 1. The summed E-state index contributed by atoms with van der Waals surface area (Å²) in [7, 11) is 0. The molecule has 0 bridgehead atoms. The quantitative estimate of drug-likeness (QED) is 0.840. The second kappa shape index (κ2) is 6.89. The average Bonchev–Trinajstić information content (AvgIpc) is 2.45. The summed E-state index contributed by atoms with van der Waals surface area (Å²) in [6, 6.07) is 0. The van der Waals surface area contributed by atoms with Crippen LogP contribution in [0.5, 0.6) is 0 Å². The van der Waals surface area contributed by atoms with Crippen LogP contribution in [0.25, 0.3) is 0 Å². The minimum atomic E-state index is -0.746. The summed E-state index contributed by atoms with van der Waals surface area (Å²) in [5.74, 6) is -0.172. The van der Waals surface area contributed by atoms with Gasteiger partial charge >= 0.3 is 5.97 Å². The van der Waals surface area contributed by atoms with Crippen LogP contribution in [0.1, 0.15) is 38.5 Å². The van der Waals surface area contributed by atoms with Crippen molar-refractivity contribution in [3.05, 3.63) is 0 Å². The molecule has 2 fully saturated rings. The van der Waals surface area contributed by atoms with E-state index in [2.05, 4.69) is 0 Å². The summed E-state index contributed by atoms with van der Waals surface area (Å²) in [5.41, 5.74) is 0. The van der Waals surface area contributed by atoms with Crippen LogP contribution in [0.2, 0.25) is 0 Å². The first kappa shape index (κ1) is 14.3. The Balaban J connectivity index is 1.82. The highest BCUT2D eigenvalue weighted by Gasteiger charge is 2.30. The standard InChI is InChI=1S/C14H23NO4/c16-13(17)6-5-11-3-1-7-15(9-11)14(18)12-4-2-8-19-10-12/h11-12H,1-10H2,(H,16,17)/t11-,12+/m1/s1. The molecule has 0 aromatic rings. The van der Waals surface area contributed by atoms with E-state index in [-0.39, 0.29) is 18.2 Å². The van der Waals surface area contributed by atoms with Crippen molar-refractivity contribution in [2.45, 2.75) is 38.5 Å². The number of aliphatic carboxylic acids is 1. The third-order valence-corrected chi connectivity index (χ3v) is 4.11. The van der Waals surface area contributed by atoms with E-state index in [0.717, 1.165) is 45.4 Å². The molecule has 1 amide bonds. The van der Waals surface area contributed by atoms with Crippen LogP contribution in [-0.2, 0) is 14.3 Å². The summed E-state index contributed by atoms with van der Waals surface area (Å²) in [6.45, 7) is 2.86. The summed E-state index contributed by atoms with van der Waals surface area (Å²) in [4.78, 5) is 24.9. The van der Waals surface area contributed by atoms with Crippen molar-refractivity contribution in [2.24, 2.45) is 11.8 Å². The van der Waals surface area contributed by atoms with Gasteiger partial charge in [-0.05, 0) is 38.0 Å². The van der Waals surface area contributed by atoms with Gasteiger partial charge in [0.15, 0.2) is 0 Å². The Bertz CT molecular complexity index is 325. The van der Waals surface area contributed by atoms with Crippen molar-refractivity contribution in [3.63, 3.8) is 0 Å². The largest absolute Gasteiger partial charge is 0.481 e. The van der Waals surface area contributed by atoms with Crippen molar-refractivity contribution in [1.29, 1.82) is 0 Å². The topological polar surface area (TPSA) is 66.8 Å². The number of ether oxygens (including phenoxy) is 1. The Morgan fingerprint density at radius 2 is 2.11 bits per heavy atom. The highest BCUT2D eigenvalue weighted by Crippen LogP contribution is 2.24. The van der Waals surface area contributed by atoms with Crippen molar-refractivity contribution < 1.29 is 19.4 Å². The monoisotopic (exact) mass is 269 g/mol. The number of amides is 1. The Morgan fingerprint density at radius 1 is 1.26 bits per heavy atom. The third kappa shape index (κ3) is 4.20. The number of rotatable bonds is 4. The SMILES string of the molecule is O=C(O)CC[C@H]1CCCN(C(=O)[C@H]2CCCOC2)C1. The average molecular weight is 269 g/mol. The molecule has 0 saturated carbocycles. The molecule has 2 heterocycles. The van der Waals surface area contributed by atoms with Crippen molar-refractivity contribution in [2.75, 3.05) is 26.3 Å². The van der Waals surface area contributed by atoms with Gasteiger partial charge in [-0.1, -0.05) is 0 Å². The maximum absolute atomic E-state index is 12.4. The molecule has 2 saturated heterocycles. The van der Waals surface area contributed by atoms with Gasteiger partial charge in [-0.2, -0.15) is 0 Å². The zero-order chi connectivity index (χ0) is 13.7. The van der Waals surface area contributed by atoms with Crippen LogP contribution in [0.15, 0.2) is 0 Å². The van der Waals surface area contributed by atoms with Crippen LogP contribution in [0.3, 0.4) is 0 Å². The Hall–Kier alpha value is -1.10. The van der Waals surface area contributed by atoms with Gasteiger partial charge in [0.05, 0.1) is 12.5 Å². The number of likely N-dealkylation sites (tertiary alicyclic amines) is 1. The molecular formula is C14H23NO4. The molecule has 1 N–H and O–H groups in total. The molecular weight excluding hydrogens is 246 g/mol. The highest BCUT2D eigenvalue weighted by atomic mass is 16.5. The number of hydrogen-bond acceptors (Lipinski definition) is 3. The number of carboxylic acid groups (broad SMARTS) is 1. The molecule has 2 aliphatic rings. The number of carbonyl (C=O) groups is 2. The zero-order valence-corrected chi connectivity index (χ0v) is 11.3. The van der Waals surface area contributed by atoms with Crippen molar-refractivity contribution >= 4 is 11.9 Å². The van der Waals surface area contributed by atoms with Crippen LogP contribution in [0, 0.1) is 11.8 Å². The lowest BCUT2D eigenvalue weighted by Crippen LogP contribution is -2.45. The molecule has 0 aliphatic carbocycles. The molecule has 5 heteroatoms. The fraction of sp³-hybridized carbons (Fsp3) is 0.857. The lowest BCUT2D eigenvalue weighted by molar-refractivity contribution is -0.141. The van der Waals surface area contributed by atoms with Crippen LogP contribution in [0.4, 0.5) is 0 Å². The van der Waals surface area contributed by atoms with Gasteiger partial charge in [0.2, 0.25) is 5.91 Å². The van der Waals surface area contributed by atoms with Crippen molar-refractivity contribution in [1.82, 2.24) is 4.90 Å². The number of carboxylic acids is 1. The van der Waals surface area contributed by atoms with E-state index in [1.165, 1.54) is 0 Å². The van der Waals surface area contributed by atoms with E-state index in [9.17, 15) is 9.59 Å². The number of piperidine rings is 1. The second-order valence-electron chi connectivity index (χ2n) is 5.64. The summed E-state index contributed by atoms with van der Waals surface area (Å²) >= 11 is 0. The van der Waals surface area contributed by atoms with Gasteiger partial charge in [0, 0.05) is 26.1 Å². The van der Waals surface area contributed by atoms with Crippen LogP contribution in [-0.4, -0.2) is 48.2 Å². The molecule has 5 nitrogen and oxygen atoms in total. The fourth-order valence-corrected chi connectivity index (χ4v) is 3.02. The van der Waals surface area contributed by atoms with Crippen molar-refractivity contribution in [3.8, 4) is 0 Å². The minimum absolute atomic E-state index is 0.0203. The number of nitrogens with zero attached hydrogens (tertiary/aromatic N) is 1. The molecule has 19 heavy (non-hydrogen) atoms. The second-order valence-corrected chi connectivity index (χ2v) is 5.64. The molecule has 108 valence electrons. The maximum Gasteiger partial charge on any atom is 0.303 e. The maximum atomic E-state index is 12.4. The predicted octanol–water partition coefficient (Wildman–Crippen LogP) is 1.52. The molecule has 0 aromatic carbocycles. The zero-order valence-electron chi connectivity index (χ0n) is 11.3. The van der Waals surface area contributed by atoms with E-state index in [4.69, 9.17) is 9.84 Å². The lowest BCUT2D eigenvalue weighted by Gasteiger charge is -2.35. The van der Waals surface area contributed by atoms with E-state index in [1.54, 1.807) is 0 Å². The normalized spacial score (nSPS) is 28.1. The summed E-state index contributed by atoms with van der Waals surface area (Å²) < 4.78 is 5.37. The van der Waals surface area contributed by atoms with Gasteiger partial charge in [-0.25, -0.2) is 0 Å². The Morgan fingerprint density at radius 3 is 2.79 bits per heavy atom. The molecule has 0 unspecified atom stereocenters. The van der Waals surface area contributed by atoms with Gasteiger partial charge in [0.25, 0.3) is 0 Å². The van der Waals surface area contributed by atoms with Gasteiger partial charge in [-0.3, -0.25) is 9.59 Å². The molecule has 2 atom stereocenters. The van der Waals surface area contributed by atoms with Gasteiger partial charge in [0.1, 0.15) is 0 Å². The Kier molecular flexibility index (Phi) is 5.19. The third-order valence-electron chi connectivity index (χ3n) is 4.11. The van der Waals surface area contributed by atoms with Gasteiger partial charge in [-0.15, -0.1) is 0 Å². The van der Waals surface area contributed by atoms with Gasteiger partial charge < -0.3 is 14.7 Å². The first-order valence-electron chi connectivity index (χ1n) is 7.25. The first-order valence-corrected chi connectivity index (χ1v) is 7.25. The Labute approximate surface area is 113 Å². The highest BCUT2D eigenvalue weighted by molar-refractivity contribution is 5.79. The van der Waals surface area contributed by atoms with E-state index in [1.807, 2.05) is 4.90 Å².